The van der Waals surface area contributed by atoms with Gasteiger partial charge in [0.15, 0.2) is 5.57 Å². The van der Waals surface area contributed by atoms with Crippen LogP contribution in [0.1, 0.15) is 6.92 Å². The summed E-state index contributed by atoms with van der Waals surface area (Å²) >= 11 is 0. The minimum Gasteiger partial charge on any atom is -0.356 e. The maximum absolute atomic E-state index is 12.7. The van der Waals surface area contributed by atoms with Gasteiger partial charge in [-0.3, -0.25) is 0 Å². The summed E-state index contributed by atoms with van der Waals surface area (Å²) in [7, 11) is 0. The van der Waals surface area contributed by atoms with Crippen LogP contribution in [-0.4, -0.2) is 6.18 Å². The number of nitriles is 3. The molecule has 1 aliphatic rings. The van der Waals surface area contributed by atoms with E-state index in [-0.39, 0.29) is 5.70 Å². The predicted octanol–water partition coefficient (Wildman–Crippen LogP) is 2.18. The van der Waals surface area contributed by atoms with Crippen molar-refractivity contribution < 1.29 is 13.2 Å². The van der Waals surface area contributed by atoms with Gasteiger partial charge >= 0.3 is 6.18 Å². The molecule has 18 heavy (non-hydrogen) atoms. The van der Waals surface area contributed by atoms with E-state index >= 15 is 0 Å². The van der Waals surface area contributed by atoms with Crippen LogP contribution in [0.4, 0.5) is 13.2 Å². The summed E-state index contributed by atoms with van der Waals surface area (Å²) in [6.45, 7) is 1.34. The van der Waals surface area contributed by atoms with Crippen molar-refractivity contribution in [2.45, 2.75) is 13.1 Å². The molecule has 0 aromatic heterocycles. The smallest absolute Gasteiger partial charge is 0.356 e. The first kappa shape index (κ1) is 13.3. The van der Waals surface area contributed by atoms with Crippen molar-refractivity contribution in [2.75, 3.05) is 0 Å². The van der Waals surface area contributed by atoms with Gasteiger partial charge in [-0.15, -0.1) is 0 Å². The molecule has 4 nitrogen and oxygen atoms in total. The van der Waals surface area contributed by atoms with Crippen molar-refractivity contribution in [3.05, 3.63) is 34.2 Å². The van der Waals surface area contributed by atoms with Gasteiger partial charge in [0.1, 0.15) is 18.2 Å². The van der Waals surface area contributed by atoms with Gasteiger partial charge in [-0.2, -0.15) is 29.0 Å². The third-order valence-electron chi connectivity index (χ3n) is 2.09. The lowest BCUT2D eigenvalue weighted by Crippen LogP contribution is -2.25. The van der Waals surface area contributed by atoms with Crippen molar-refractivity contribution in [1.82, 2.24) is 5.32 Å². The zero-order valence-electron chi connectivity index (χ0n) is 9.05. The van der Waals surface area contributed by atoms with E-state index < -0.39 is 28.6 Å². The number of hydrogen-bond donors (Lipinski definition) is 1. The second kappa shape index (κ2) is 4.65. The van der Waals surface area contributed by atoms with Crippen LogP contribution in [-0.2, 0) is 0 Å². The van der Waals surface area contributed by atoms with Gasteiger partial charge in [0.2, 0.25) is 0 Å². The van der Waals surface area contributed by atoms with E-state index in [4.69, 9.17) is 15.8 Å². The molecule has 0 unspecified atom stereocenters. The van der Waals surface area contributed by atoms with Crippen molar-refractivity contribution in [2.24, 2.45) is 0 Å². The van der Waals surface area contributed by atoms with E-state index in [2.05, 4.69) is 5.32 Å². The summed E-state index contributed by atoms with van der Waals surface area (Å²) < 4.78 is 38.2. The number of nitrogens with one attached hydrogen (secondary N) is 1. The van der Waals surface area contributed by atoms with Crippen LogP contribution in [0, 0.1) is 34.0 Å². The Morgan fingerprint density at radius 1 is 1.22 bits per heavy atom. The predicted molar refractivity (Wildman–Crippen MR) is 53.8 cm³/mol. The first-order valence-corrected chi connectivity index (χ1v) is 4.57. The number of allylic oxidation sites excluding steroid dienone is 5. The Labute approximate surface area is 101 Å². The zero-order valence-corrected chi connectivity index (χ0v) is 9.05. The minimum atomic E-state index is -4.73. The van der Waals surface area contributed by atoms with Crippen LogP contribution in [0.25, 0.3) is 0 Å². The number of hydrogen-bond acceptors (Lipinski definition) is 4. The number of dihydropyridines is 1. The van der Waals surface area contributed by atoms with E-state index in [9.17, 15) is 13.2 Å². The molecule has 0 atom stereocenters. The summed E-state index contributed by atoms with van der Waals surface area (Å²) in [5.41, 5.74) is -2.81. The molecule has 7 heteroatoms. The summed E-state index contributed by atoms with van der Waals surface area (Å²) in [4.78, 5) is 0. The highest BCUT2D eigenvalue weighted by molar-refractivity contribution is 5.60. The van der Waals surface area contributed by atoms with Gasteiger partial charge in [0.05, 0.1) is 16.8 Å². The number of rotatable bonds is 0. The summed E-state index contributed by atoms with van der Waals surface area (Å²) in [6.07, 6.45) is -3.97. The molecule has 0 aliphatic carbocycles. The van der Waals surface area contributed by atoms with Crippen molar-refractivity contribution in [3.63, 3.8) is 0 Å². The van der Waals surface area contributed by atoms with Gasteiger partial charge in [0, 0.05) is 5.70 Å². The standard InChI is InChI=1S/C11H5F3N4/c1-6-2-9(11(12,13)14)8(5-17)10(18-6)7(3-15)4-16/h2,18H,1H3. The molecule has 0 amide bonds. The molecule has 0 saturated carbocycles. The first-order chi connectivity index (χ1) is 8.35. The SMILES string of the molecule is CC1=CC(C(F)(F)F)=C(C#N)C(=C(C#N)C#N)N1. The summed E-state index contributed by atoms with van der Waals surface area (Å²) in [6, 6.07) is 4.28. The molecule has 0 spiro atoms. The van der Waals surface area contributed by atoms with Crippen molar-refractivity contribution in [3.8, 4) is 18.2 Å². The van der Waals surface area contributed by atoms with Crippen LogP contribution in [0.5, 0.6) is 0 Å². The molecule has 0 fully saturated rings. The van der Waals surface area contributed by atoms with Gasteiger partial charge in [-0.05, 0) is 13.0 Å². The molecular formula is C11H5F3N4. The number of halogens is 3. The van der Waals surface area contributed by atoms with E-state index in [0.29, 0.717) is 0 Å². The zero-order chi connectivity index (χ0) is 13.9. The monoisotopic (exact) mass is 250 g/mol. The molecule has 1 rings (SSSR count). The van der Waals surface area contributed by atoms with Crippen LogP contribution >= 0.6 is 0 Å². The molecule has 1 heterocycles. The van der Waals surface area contributed by atoms with Gasteiger partial charge in [-0.25, -0.2) is 0 Å². The number of nitrogens with zero attached hydrogens (tertiary/aromatic N) is 3. The Morgan fingerprint density at radius 3 is 2.17 bits per heavy atom. The van der Waals surface area contributed by atoms with Crippen LogP contribution < -0.4 is 5.32 Å². The topological polar surface area (TPSA) is 83.4 Å². The van der Waals surface area contributed by atoms with Crippen molar-refractivity contribution in [1.29, 1.82) is 15.8 Å². The van der Waals surface area contributed by atoms with E-state index in [1.165, 1.54) is 25.1 Å². The van der Waals surface area contributed by atoms with Gasteiger partial charge in [-0.1, -0.05) is 0 Å². The second-order valence-corrected chi connectivity index (χ2v) is 3.32. The molecule has 0 bridgehead atoms. The molecular weight excluding hydrogens is 245 g/mol. The van der Waals surface area contributed by atoms with Gasteiger partial charge in [0.25, 0.3) is 0 Å². The molecule has 1 aliphatic heterocycles. The fraction of sp³-hybridized carbons (Fsp3) is 0.182. The van der Waals surface area contributed by atoms with Crippen LogP contribution in [0.2, 0.25) is 0 Å². The molecule has 0 radical (unpaired) electrons. The highest BCUT2D eigenvalue weighted by Gasteiger charge is 2.38. The van der Waals surface area contributed by atoms with Crippen molar-refractivity contribution >= 4 is 0 Å². The maximum Gasteiger partial charge on any atom is 0.417 e. The Hall–Kier alpha value is -2.72. The molecule has 0 aromatic carbocycles. The Bertz CT molecular complexity index is 584. The molecule has 0 saturated heterocycles. The Balaban J connectivity index is 3.66. The average Bonchev–Trinajstić information content (AvgIpc) is 2.29. The largest absolute Gasteiger partial charge is 0.417 e. The fourth-order valence-corrected chi connectivity index (χ4v) is 1.38. The first-order valence-electron chi connectivity index (χ1n) is 4.57. The molecule has 90 valence electrons. The number of alkyl halides is 3. The maximum atomic E-state index is 12.7. The third kappa shape index (κ3) is 2.34. The van der Waals surface area contributed by atoms with Crippen LogP contribution in [0.3, 0.4) is 0 Å². The third-order valence-corrected chi connectivity index (χ3v) is 2.09. The minimum absolute atomic E-state index is 0.0966. The lowest BCUT2D eigenvalue weighted by Gasteiger charge is -2.20. The normalized spacial score (nSPS) is 14.9. The highest BCUT2D eigenvalue weighted by atomic mass is 19.4. The van der Waals surface area contributed by atoms with E-state index in [1.807, 2.05) is 0 Å². The van der Waals surface area contributed by atoms with E-state index in [1.54, 1.807) is 0 Å². The quantitative estimate of drug-likeness (QED) is 0.668. The Morgan fingerprint density at radius 2 is 1.78 bits per heavy atom. The molecule has 1 N–H and O–H groups in total. The highest BCUT2D eigenvalue weighted by Crippen LogP contribution is 2.35. The fourth-order valence-electron chi connectivity index (χ4n) is 1.38. The second-order valence-electron chi connectivity index (χ2n) is 3.32. The van der Waals surface area contributed by atoms with Gasteiger partial charge < -0.3 is 5.32 Å². The summed E-state index contributed by atoms with van der Waals surface area (Å²) in [5, 5.41) is 28.6. The average molecular weight is 250 g/mol. The molecule has 0 aromatic rings. The Kier molecular flexibility index (Phi) is 3.45. The van der Waals surface area contributed by atoms with E-state index in [0.717, 1.165) is 6.08 Å². The van der Waals surface area contributed by atoms with Crippen LogP contribution in [0.15, 0.2) is 34.2 Å². The lowest BCUT2D eigenvalue weighted by molar-refractivity contribution is -0.0889. The lowest BCUT2D eigenvalue weighted by atomic mass is 9.98. The summed E-state index contributed by atoms with van der Waals surface area (Å²) in [5.74, 6) is 0.